The van der Waals surface area contributed by atoms with Crippen LogP contribution in [0.3, 0.4) is 0 Å². The Balaban J connectivity index is 1.74. The first-order valence-corrected chi connectivity index (χ1v) is 9.74. The van der Waals surface area contributed by atoms with Gasteiger partial charge in [-0.2, -0.15) is 0 Å². The largest absolute Gasteiger partial charge is 0.508 e. The maximum absolute atomic E-state index is 12.3. The van der Waals surface area contributed by atoms with Gasteiger partial charge >= 0.3 is 0 Å². The number of nitrogens with one attached hydrogen (secondary N) is 2. The zero-order chi connectivity index (χ0) is 23.5. The summed E-state index contributed by atoms with van der Waals surface area (Å²) in [4.78, 5) is 37.4. The van der Waals surface area contributed by atoms with Crippen LogP contribution in [0, 0.1) is 10.1 Å². The number of benzene rings is 2. The van der Waals surface area contributed by atoms with Gasteiger partial charge in [0.15, 0.2) is 0 Å². The summed E-state index contributed by atoms with van der Waals surface area (Å²) in [6, 6.07) is 9.22. The maximum Gasteiger partial charge on any atom is 0.282 e. The molecule has 2 amide bonds. The third-order valence-corrected chi connectivity index (χ3v) is 4.50. The van der Waals surface area contributed by atoms with Crippen molar-refractivity contribution in [2.24, 2.45) is 10.8 Å². The molecular formula is C20H23N7O5. The molecule has 32 heavy (non-hydrogen) atoms. The van der Waals surface area contributed by atoms with Crippen molar-refractivity contribution in [3.8, 4) is 5.75 Å². The summed E-state index contributed by atoms with van der Waals surface area (Å²) in [5.41, 5.74) is 14.7. The molecule has 5 N–H and O–H groups in total. The molecule has 12 nitrogen and oxygen atoms in total. The van der Waals surface area contributed by atoms with Gasteiger partial charge in [-0.25, -0.2) is 0 Å². The van der Waals surface area contributed by atoms with Crippen molar-refractivity contribution in [3.05, 3.63) is 74.1 Å². The molecule has 168 valence electrons. The van der Waals surface area contributed by atoms with Crippen LogP contribution >= 0.6 is 0 Å². The number of phenolic OH excluding ortho intramolecular Hbond substituents is 1. The second-order valence-corrected chi connectivity index (χ2v) is 6.88. The molecule has 0 saturated heterocycles. The summed E-state index contributed by atoms with van der Waals surface area (Å²) in [6.07, 6.45) is 1.40. The van der Waals surface area contributed by atoms with Crippen molar-refractivity contribution >= 4 is 23.2 Å². The number of carbonyl (C=O) groups excluding carboxylic acids is 2. The molecule has 2 aromatic rings. The van der Waals surface area contributed by atoms with Crippen LogP contribution in [0.4, 0.5) is 11.4 Å². The molecule has 0 fully saturated rings. The van der Waals surface area contributed by atoms with Gasteiger partial charge in [-0.05, 0) is 54.6 Å². The number of carbonyl (C=O) groups is 2. The van der Waals surface area contributed by atoms with E-state index in [-0.39, 0.29) is 29.5 Å². The fraction of sp³-hybridized carbons (Fsp3) is 0.300. The Hall–Kier alpha value is -4.15. The Morgan fingerprint density at radius 1 is 1.16 bits per heavy atom. The number of rotatable bonds is 11. The molecule has 0 bridgehead atoms. The second kappa shape index (κ2) is 11.9. The summed E-state index contributed by atoms with van der Waals surface area (Å²) < 4.78 is 0. The number of hydrogen-bond donors (Lipinski definition) is 4. The fourth-order valence-electron chi connectivity index (χ4n) is 2.85. The number of unbranched alkanes of at least 4 members (excludes halogenated alkanes) is 1. The third kappa shape index (κ3) is 7.27. The number of azide groups is 1. The number of nitro groups is 1. The molecular weight excluding hydrogens is 418 g/mol. The van der Waals surface area contributed by atoms with E-state index in [1.54, 1.807) is 12.1 Å². The van der Waals surface area contributed by atoms with Crippen molar-refractivity contribution in [1.82, 2.24) is 10.6 Å². The number of nitrogens with zero attached hydrogens (tertiary/aromatic N) is 4. The quantitative estimate of drug-likeness (QED) is 0.103. The molecule has 0 aliphatic carbocycles. The van der Waals surface area contributed by atoms with E-state index in [1.807, 2.05) is 0 Å². The minimum absolute atomic E-state index is 0.0922. The highest BCUT2D eigenvalue weighted by atomic mass is 16.6. The van der Waals surface area contributed by atoms with Crippen LogP contribution in [0.15, 0.2) is 47.6 Å². The van der Waals surface area contributed by atoms with Gasteiger partial charge in [0.1, 0.15) is 11.3 Å². The topological polar surface area (TPSA) is 196 Å². The first-order chi connectivity index (χ1) is 15.3. The lowest BCUT2D eigenvalue weighted by Crippen LogP contribution is -2.42. The summed E-state index contributed by atoms with van der Waals surface area (Å²) in [7, 11) is 0. The lowest BCUT2D eigenvalue weighted by atomic mass is 10.1. The SMILES string of the molecule is [N-]=[N+]=Nc1ccc([N+](=O)[O-])c(C(=O)NCCCCNC(=O)[C@@H](N)Cc2ccc(O)cc2)c1. The van der Waals surface area contributed by atoms with E-state index in [2.05, 4.69) is 20.7 Å². The van der Waals surface area contributed by atoms with Crippen molar-refractivity contribution in [1.29, 1.82) is 0 Å². The molecule has 0 saturated carbocycles. The van der Waals surface area contributed by atoms with E-state index < -0.39 is 22.6 Å². The number of hydrogen-bond acceptors (Lipinski definition) is 7. The molecule has 0 aliphatic heterocycles. The molecule has 0 heterocycles. The summed E-state index contributed by atoms with van der Waals surface area (Å²) in [5, 5.41) is 29.0. The van der Waals surface area contributed by atoms with Gasteiger partial charge < -0.3 is 21.5 Å². The fourth-order valence-corrected chi connectivity index (χ4v) is 2.85. The first kappa shape index (κ1) is 24.1. The first-order valence-electron chi connectivity index (χ1n) is 9.74. The minimum atomic E-state index is -0.733. The van der Waals surface area contributed by atoms with E-state index >= 15 is 0 Å². The predicted molar refractivity (Wildman–Crippen MR) is 116 cm³/mol. The van der Waals surface area contributed by atoms with Crippen LogP contribution in [-0.2, 0) is 11.2 Å². The van der Waals surface area contributed by atoms with Gasteiger partial charge in [0.05, 0.1) is 11.0 Å². The molecule has 0 radical (unpaired) electrons. The van der Waals surface area contributed by atoms with Crippen molar-refractivity contribution in [3.63, 3.8) is 0 Å². The summed E-state index contributed by atoms with van der Waals surface area (Å²) >= 11 is 0. The summed E-state index contributed by atoms with van der Waals surface area (Å²) in [6.45, 7) is 0.585. The van der Waals surface area contributed by atoms with Gasteiger partial charge in [0.25, 0.3) is 11.6 Å². The normalized spacial score (nSPS) is 11.2. The van der Waals surface area contributed by atoms with Crippen molar-refractivity contribution < 1.29 is 19.6 Å². The van der Waals surface area contributed by atoms with E-state index in [0.717, 1.165) is 17.7 Å². The predicted octanol–water partition coefficient (Wildman–Crippen LogP) is 2.44. The third-order valence-electron chi connectivity index (χ3n) is 4.50. The average molecular weight is 441 g/mol. The van der Waals surface area contributed by atoms with Crippen LogP contribution in [-0.4, -0.2) is 41.0 Å². The molecule has 12 heteroatoms. The maximum atomic E-state index is 12.3. The Labute approximate surface area is 183 Å². The highest BCUT2D eigenvalue weighted by Gasteiger charge is 2.20. The number of phenols is 1. The lowest BCUT2D eigenvalue weighted by Gasteiger charge is -2.12. The van der Waals surface area contributed by atoms with Crippen LogP contribution in [0.25, 0.3) is 10.4 Å². The number of nitrogens with two attached hydrogens (primary N) is 1. The molecule has 0 spiro atoms. The van der Waals surface area contributed by atoms with Gasteiger partial charge in [0.2, 0.25) is 5.91 Å². The monoisotopic (exact) mass is 441 g/mol. The van der Waals surface area contributed by atoms with Crippen molar-refractivity contribution in [2.45, 2.75) is 25.3 Å². The standard InChI is InChI=1S/C20H23N7O5/c21-17(11-13-3-6-15(28)7-4-13)20(30)24-10-2-1-9-23-19(29)16-12-14(25-26-22)5-8-18(16)27(31)32/h3-8,12,17,28H,1-2,9-11,21H2,(H,23,29)(H,24,30)/t17-/m0/s1. The van der Waals surface area contributed by atoms with Crippen LogP contribution in [0.1, 0.15) is 28.8 Å². The molecule has 0 aromatic heterocycles. The molecule has 2 rings (SSSR count). The lowest BCUT2D eigenvalue weighted by molar-refractivity contribution is -0.385. The highest BCUT2D eigenvalue weighted by molar-refractivity contribution is 5.99. The van der Waals surface area contributed by atoms with E-state index in [0.29, 0.717) is 25.8 Å². The molecule has 2 aromatic carbocycles. The average Bonchev–Trinajstić information content (AvgIpc) is 2.77. The summed E-state index contributed by atoms with van der Waals surface area (Å²) in [5.74, 6) is -0.837. The Bertz CT molecular complexity index is 1020. The number of nitro benzene ring substituents is 1. The van der Waals surface area contributed by atoms with Crippen LogP contribution in [0.2, 0.25) is 0 Å². The minimum Gasteiger partial charge on any atom is -0.508 e. The highest BCUT2D eigenvalue weighted by Crippen LogP contribution is 2.24. The van der Waals surface area contributed by atoms with E-state index in [9.17, 15) is 24.8 Å². The smallest absolute Gasteiger partial charge is 0.282 e. The van der Waals surface area contributed by atoms with E-state index in [1.165, 1.54) is 18.2 Å². The van der Waals surface area contributed by atoms with Gasteiger partial charge in [-0.3, -0.25) is 19.7 Å². The number of aromatic hydroxyl groups is 1. The molecule has 0 aliphatic rings. The zero-order valence-electron chi connectivity index (χ0n) is 17.1. The van der Waals surface area contributed by atoms with E-state index in [4.69, 9.17) is 11.3 Å². The Morgan fingerprint density at radius 2 is 1.81 bits per heavy atom. The van der Waals surface area contributed by atoms with Gasteiger partial charge in [-0.15, -0.1) is 0 Å². The number of amides is 2. The van der Waals surface area contributed by atoms with Gasteiger partial charge in [0, 0.05) is 29.8 Å². The zero-order valence-corrected chi connectivity index (χ0v) is 17.1. The Kier molecular flexibility index (Phi) is 8.96. The van der Waals surface area contributed by atoms with Crippen LogP contribution < -0.4 is 16.4 Å². The second-order valence-electron chi connectivity index (χ2n) is 6.88. The van der Waals surface area contributed by atoms with Crippen molar-refractivity contribution in [2.75, 3.05) is 13.1 Å². The van der Waals surface area contributed by atoms with Crippen LogP contribution in [0.5, 0.6) is 5.75 Å². The molecule has 0 unspecified atom stereocenters. The van der Waals surface area contributed by atoms with Gasteiger partial charge in [-0.1, -0.05) is 17.2 Å². The Morgan fingerprint density at radius 3 is 2.44 bits per heavy atom. The molecule has 1 atom stereocenters.